The van der Waals surface area contributed by atoms with E-state index in [1.54, 1.807) is 13.2 Å². The number of benzene rings is 2. The molecule has 2 fully saturated rings. The van der Waals surface area contributed by atoms with Crippen molar-refractivity contribution >= 4 is 46.1 Å². The number of methoxy groups -OCH3 is 1. The number of ether oxygens (including phenoxy) is 2. The first kappa shape index (κ1) is 22.3. The van der Waals surface area contributed by atoms with Gasteiger partial charge in [0, 0.05) is 31.3 Å². The maximum absolute atomic E-state index is 12.7. The predicted molar refractivity (Wildman–Crippen MR) is 130 cm³/mol. The molecule has 0 aliphatic carbocycles. The molecule has 0 bridgehead atoms. The van der Waals surface area contributed by atoms with Gasteiger partial charge in [-0.15, -0.1) is 0 Å². The van der Waals surface area contributed by atoms with Crippen LogP contribution in [0.5, 0.6) is 5.75 Å². The second-order valence-corrected chi connectivity index (χ2v) is 9.35. The van der Waals surface area contributed by atoms with Crippen molar-refractivity contribution in [2.75, 3.05) is 38.3 Å². The van der Waals surface area contributed by atoms with Crippen LogP contribution in [0.3, 0.4) is 0 Å². The fourth-order valence-corrected chi connectivity index (χ4v) is 4.88. The summed E-state index contributed by atoms with van der Waals surface area (Å²) in [6.07, 6.45) is 2.43. The van der Waals surface area contributed by atoms with E-state index in [9.17, 15) is 4.79 Å². The van der Waals surface area contributed by atoms with Crippen molar-refractivity contribution in [3.8, 4) is 11.4 Å². The number of carbonyl (C=O) groups excluding carboxylic acids is 1. The van der Waals surface area contributed by atoms with E-state index < -0.39 is 0 Å². The lowest BCUT2D eigenvalue weighted by molar-refractivity contribution is -0.126. The molecule has 2 aliphatic heterocycles. The molecule has 3 heterocycles. The quantitative estimate of drug-likeness (QED) is 0.573. The Balaban J connectivity index is 1.42. The predicted octanol–water partition coefficient (Wildman–Crippen LogP) is 4.46. The maximum atomic E-state index is 12.7. The van der Waals surface area contributed by atoms with Gasteiger partial charge >= 0.3 is 0 Å². The monoisotopic (exact) mass is 488 g/mol. The van der Waals surface area contributed by atoms with E-state index in [-0.39, 0.29) is 17.9 Å². The number of piperidine rings is 1. The number of rotatable bonds is 5. The van der Waals surface area contributed by atoms with Crippen LogP contribution in [0.1, 0.15) is 19.3 Å². The number of carbonyl (C=O) groups is 1. The van der Waals surface area contributed by atoms with Crippen LogP contribution in [0.4, 0.5) is 5.95 Å². The Kier molecular flexibility index (Phi) is 6.36. The van der Waals surface area contributed by atoms with E-state index in [1.165, 1.54) is 0 Å². The fourth-order valence-electron chi connectivity index (χ4n) is 4.57. The molecule has 0 saturated carbocycles. The highest BCUT2D eigenvalue weighted by molar-refractivity contribution is 6.42. The first-order chi connectivity index (χ1) is 16.0. The highest BCUT2D eigenvalue weighted by atomic mass is 35.5. The summed E-state index contributed by atoms with van der Waals surface area (Å²) in [7, 11) is 1.65. The smallest absolute Gasteiger partial charge is 0.223 e. The van der Waals surface area contributed by atoms with E-state index in [0.717, 1.165) is 67.4 Å². The number of hydrogen-bond acceptors (Lipinski definition) is 5. The Hall–Kier alpha value is -2.48. The summed E-state index contributed by atoms with van der Waals surface area (Å²) in [6, 6.07) is 11.6. The first-order valence-corrected chi connectivity index (χ1v) is 11.9. The third-order valence-corrected chi connectivity index (χ3v) is 7.16. The van der Waals surface area contributed by atoms with Crippen LogP contribution < -0.4 is 15.0 Å². The van der Waals surface area contributed by atoms with Gasteiger partial charge in [-0.3, -0.25) is 9.36 Å². The number of imidazole rings is 1. The minimum Gasteiger partial charge on any atom is -0.497 e. The van der Waals surface area contributed by atoms with Gasteiger partial charge in [-0.05, 0) is 55.7 Å². The number of fused-ring (bicyclic) bond motifs is 1. The Labute approximate surface area is 202 Å². The largest absolute Gasteiger partial charge is 0.497 e. The Morgan fingerprint density at radius 3 is 2.52 bits per heavy atom. The number of halogens is 2. The zero-order valence-electron chi connectivity index (χ0n) is 18.4. The van der Waals surface area contributed by atoms with Gasteiger partial charge in [0.05, 0.1) is 40.8 Å². The molecule has 1 amide bonds. The number of amides is 1. The van der Waals surface area contributed by atoms with Gasteiger partial charge < -0.3 is 19.7 Å². The number of anilines is 1. The maximum Gasteiger partial charge on any atom is 0.223 e. The average molecular weight is 489 g/mol. The van der Waals surface area contributed by atoms with Crippen molar-refractivity contribution in [2.24, 2.45) is 5.92 Å². The van der Waals surface area contributed by atoms with Gasteiger partial charge in [-0.2, -0.15) is 0 Å². The lowest BCUT2D eigenvalue weighted by atomic mass is 9.95. The zero-order chi connectivity index (χ0) is 22.9. The van der Waals surface area contributed by atoms with Crippen LogP contribution in [-0.2, 0) is 9.53 Å². The molecule has 9 heteroatoms. The minimum absolute atomic E-state index is 0.00422. The second-order valence-electron chi connectivity index (χ2n) is 8.53. The van der Waals surface area contributed by atoms with Crippen molar-refractivity contribution in [1.29, 1.82) is 0 Å². The summed E-state index contributed by atoms with van der Waals surface area (Å²) in [5.41, 5.74) is 2.61. The number of nitrogens with one attached hydrogen (secondary N) is 1. The molecule has 1 aromatic heterocycles. The van der Waals surface area contributed by atoms with Crippen LogP contribution in [0.15, 0.2) is 36.4 Å². The standard InChI is InChI=1S/C24H26Cl2N4O3/c1-32-18-4-2-17(3-5-18)30-22-13-20(26)19(25)12-21(22)28-24(30)29-9-6-15(7-10-29)23(31)27-16-8-11-33-14-16/h2-5,12-13,15-16H,6-11,14H2,1H3,(H,27,31)/t16-/m1/s1. The molecule has 2 aliphatic rings. The molecule has 0 radical (unpaired) electrons. The summed E-state index contributed by atoms with van der Waals surface area (Å²) in [4.78, 5) is 19.9. The van der Waals surface area contributed by atoms with Crippen molar-refractivity contribution in [1.82, 2.24) is 14.9 Å². The summed E-state index contributed by atoms with van der Waals surface area (Å²) >= 11 is 12.6. The third-order valence-electron chi connectivity index (χ3n) is 6.43. The lowest BCUT2D eigenvalue weighted by Gasteiger charge is -2.32. The Bertz CT molecular complexity index is 1150. The molecule has 0 spiro atoms. The van der Waals surface area contributed by atoms with E-state index in [2.05, 4.69) is 14.8 Å². The van der Waals surface area contributed by atoms with Crippen LogP contribution >= 0.6 is 23.2 Å². The topological polar surface area (TPSA) is 68.6 Å². The normalized spacial score (nSPS) is 19.2. The highest BCUT2D eigenvalue weighted by Gasteiger charge is 2.30. The van der Waals surface area contributed by atoms with Crippen molar-refractivity contribution in [3.05, 3.63) is 46.4 Å². The van der Waals surface area contributed by atoms with Crippen LogP contribution in [0.25, 0.3) is 16.7 Å². The molecule has 5 rings (SSSR count). The summed E-state index contributed by atoms with van der Waals surface area (Å²) in [6.45, 7) is 2.81. The number of hydrogen-bond donors (Lipinski definition) is 1. The molecule has 2 saturated heterocycles. The van der Waals surface area contributed by atoms with E-state index in [0.29, 0.717) is 16.7 Å². The van der Waals surface area contributed by atoms with E-state index in [4.69, 9.17) is 37.7 Å². The molecular weight excluding hydrogens is 463 g/mol. The molecule has 1 N–H and O–H groups in total. The summed E-state index contributed by atoms with van der Waals surface area (Å²) in [5, 5.41) is 4.10. The summed E-state index contributed by atoms with van der Waals surface area (Å²) in [5.74, 6) is 1.73. The molecule has 3 aromatic rings. The van der Waals surface area contributed by atoms with Crippen LogP contribution in [0.2, 0.25) is 10.0 Å². The van der Waals surface area contributed by atoms with Gasteiger partial charge in [0.1, 0.15) is 5.75 Å². The van der Waals surface area contributed by atoms with Gasteiger partial charge in [-0.1, -0.05) is 23.2 Å². The van der Waals surface area contributed by atoms with Crippen LogP contribution in [-0.4, -0.2) is 54.9 Å². The van der Waals surface area contributed by atoms with Gasteiger partial charge in [0.2, 0.25) is 11.9 Å². The van der Waals surface area contributed by atoms with Crippen molar-refractivity contribution in [3.63, 3.8) is 0 Å². The van der Waals surface area contributed by atoms with Gasteiger partial charge in [-0.25, -0.2) is 4.98 Å². The average Bonchev–Trinajstić information content (AvgIpc) is 3.47. The summed E-state index contributed by atoms with van der Waals surface area (Å²) < 4.78 is 12.8. The molecule has 33 heavy (non-hydrogen) atoms. The Morgan fingerprint density at radius 1 is 1.12 bits per heavy atom. The minimum atomic E-state index is 0.00422. The second kappa shape index (κ2) is 9.41. The van der Waals surface area contributed by atoms with Crippen molar-refractivity contribution in [2.45, 2.75) is 25.3 Å². The molecule has 7 nitrogen and oxygen atoms in total. The number of nitrogens with zero attached hydrogens (tertiary/aromatic N) is 3. The molecular formula is C24H26Cl2N4O3. The van der Waals surface area contributed by atoms with Crippen molar-refractivity contribution < 1.29 is 14.3 Å². The SMILES string of the molecule is COc1ccc(-n2c(N3CCC(C(=O)N[C@@H]4CCOC4)CC3)nc3cc(Cl)c(Cl)cc32)cc1. The van der Waals surface area contributed by atoms with Crippen LogP contribution in [0, 0.1) is 5.92 Å². The fraction of sp³-hybridized carbons (Fsp3) is 0.417. The van der Waals surface area contributed by atoms with Gasteiger partial charge in [0.25, 0.3) is 0 Å². The highest BCUT2D eigenvalue weighted by Crippen LogP contribution is 2.34. The lowest BCUT2D eigenvalue weighted by Crippen LogP contribution is -2.44. The van der Waals surface area contributed by atoms with E-state index in [1.807, 2.05) is 30.3 Å². The van der Waals surface area contributed by atoms with E-state index >= 15 is 0 Å². The molecule has 2 aromatic carbocycles. The molecule has 174 valence electrons. The molecule has 0 unspecified atom stereocenters. The first-order valence-electron chi connectivity index (χ1n) is 11.2. The molecule has 1 atom stereocenters. The zero-order valence-corrected chi connectivity index (χ0v) is 19.9. The van der Waals surface area contributed by atoms with Gasteiger partial charge in [0.15, 0.2) is 0 Å². The number of aromatic nitrogens is 2. The Morgan fingerprint density at radius 2 is 1.85 bits per heavy atom. The third kappa shape index (κ3) is 4.50.